The smallest absolute Gasteiger partial charge is 0.278 e. The normalized spacial score (nSPS) is 10.8. The highest BCUT2D eigenvalue weighted by atomic mass is 35.5. The molecular weight excluding hydrogens is 439 g/mol. The van der Waals surface area contributed by atoms with Crippen molar-refractivity contribution in [2.75, 3.05) is 4.90 Å². The standard InChI is InChI=1S/C22H16ClFN4O2S/c1-27-20(29)11-10-18(26-27)21(30)28(12-14-6-8-15(24)9-7-14)22-25-19(13-31-22)16-4-2-3-5-17(16)23/h2-11,13H,12H2,1H3. The molecule has 0 aliphatic heterocycles. The number of aromatic nitrogens is 3. The number of aryl methyl sites for hydroxylation is 1. The van der Waals surface area contributed by atoms with Crippen LogP contribution in [0.3, 0.4) is 0 Å². The van der Waals surface area contributed by atoms with Crippen molar-refractivity contribution in [1.29, 1.82) is 0 Å². The molecule has 0 bridgehead atoms. The highest BCUT2D eigenvalue weighted by molar-refractivity contribution is 7.14. The van der Waals surface area contributed by atoms with Crippen molar-refractivity contribution in [2.45, 2.75) is 6.54 Å². The van der Waals surface area contributed by atoms with Crippen LogP contribution >= 0.6 is 22.9 Å². The predicted molar refractivity (Wildman–Crippen MR) is 119 cm³/mol. The molecule has 2 heterocycles. The SMILES string of the molecule is Cn1nc(C(=O)N(Cc2ccc(F)cc2)c2nc(-c3ccccc3Cl)cs2)ccc1=O. The number of halogens is 2. The number of carbonyl (C=O) groups is 1. The molecule has 0 atom stereocenters. The van der Waals surface area contributed by atoms with Crippen LogP contribution in [0.15, 0.2) is 70.8 Å². The molecule has 0 unspecified atom stereocenters. The third-order valence-corrected chi connectivity index (χ3v) is 5.74. The van der Waals surface area contributed by atoms with Crippen LogP contribution in [0, 0.1) is 5.82 Å². The molecule has 1 amide bonds. The van der Waals surface area contributed by atoms with Crippen molar-refractivity contribution in [2.24, 2.45) is 7.05 Å². The predicted octanol–water partition coefficient (Wildman–Crippen LogP) is 4.54. The fourth-order valence-electron chi connectivity index (χ4n) is 2.93. The minimum absolute atomic E-state index is 0.0960. The molecule has 0 N–H and O–H groups in total. The first-order chi connectivity index (χ1) is 14.9. The topological polar surface area (TPSA) is 68.1 Å². The Balaban J connectivity index is 1.74. The lowest BCUT2D eigenvalue weighted by Crippen LogP contribution is -2.33. The fraction of sp³-hybridized carbons (Fsp3) is 0.0909. The summed E-state index contributed by atoms with van der Waals surface area (Å²) in [7, 11) is 1.47. The van der Waals surface area contributed by atoms with Crippen LogP contribution in [-0.2, 0) is 13.6 Å². The van der Waals surface area contributed by atoms with E-state index in [2.05, 4.69) is 10.1 Å². The Morgan fingerprint density at radius 1 is 1.13 bits per heavy atom. The summed E-state index contributed by atoms with van der Waals surface area (Å²) in [5.74, 6) is -0.795. The summed E-state index contributed by atoms with van der Waals surface area (Å²) in [6, 6.07) is 15.8. The molecule has 0 radical (unpaired) electrons. The van der Waals surface area contributed by atoms with E-state index in [9.17, 15) is 14.0 Å². The molecule has 31 heavy (non-hydrogen) atoms. The van der Waals surface area contributed by atoms with Crippen molar-refractivity contribution in [3.8, 4) is 11.3 Å². The zero-order valence-electron chi connectivity index (χ0n) is 16.3. The Bertz CT molecular complexity index is 1300. The second kappa shape index (κ2) is 8.79. The molecular formula is C22H16ClFN4O2S. The van der Waals surface area contributed by atoms with Gasteiger partial charge in [-0.3, -0.25) is 14.5 Å². The van der Waals surface area contributed by atoms with Gasteiger partial charge in [0.2, 0.25) is 0 Å². The first-order valence-electron chi connectivity index (χ1n) is 9.23. The summed E-state index contributed by atoms with van der Waals surface area (Å²) in [6.45, 7) is 0.152. The van der Waals surface area contributed by atoms with E-state index in [1.807, 2.05) is 23.6 Å². The Hall–Kier alpha value is -3.36. The van der Waals surface area contributed by atoms with E-state index in [1.54, 1.807) is 18.2 Å². The van der Waals surface area contributed by atoms with Gasteiger partial charge >= 0.3 is 0 Å². The van der Waals surface area contributed by atoms with Gasteiger partial charge in [-0.15, -0.1) is 11.3 Å². The highest BCUT2D eigenvalue weighted by Gasteiger charge is 2.23. The first-order valence-corrected chi connectivity index (χ1v) is 10.5. The van der Waals surface area contributed by atoms with Gasteiger partial charge in [-0.05, 0) is 29.8 Å². The second-order valence-corrected chi connectivity index (χ2v) is 7.94. The second-order valence-electron chi connectivity index (χ2n) is 6.69. The van der Waals surface area contributed by atoms with E-state index >= 15 is 0 Å². The third kappa shape index (κ3) is 4.55. The number of hydrogen-bond donors (Lipinski definition) is 0. The molecule has 9 heteroatoms. The van der Waals surface area contributed by atoms with Crippen LogP contribution in [0.25, 0.3) is 11.3 Å². The van der Waals surface area contributed by atoms with Crippen molar-refractivity contribution in [3.63, 3.8) is 0 Å². The van der Waals surface area contributed by atoms with Gasteiger partial charge in [-0.1, -0.05) is 41.9 Å². The van der Waals surface area contributed by atoms with E-state index in [0.717, 1.165) is 10.2 Å². The molecule has 0 saturated carbocycles. The number of hydrogen-bond acceptors (Lipinski definition) is 5. The van der Waals surface area contributed by atoms with Crippen LogP contribution in [0.2, 0.25) is 5.02 Å². The van der Waals surface area contributed by atoms with Crippen molar-refractivity contribution in [3.05, 3.63) is 98.5 Å². The quantitative estimate of drug-likeness (QED) is 0.444. The number of benzene rings is 2. The Labute approximate surface area is 186 Å². The van der Waals surface area contributed by atoms with E-state index < -0.39 is 5.91 Å². The number of thiazole rings is 1. The minimum atomic E-state index is -0.431. The van der Waals surface area contributed by atoms with Crippen LogP contribution in [-0.4, -0.2) is 20.7 Å². The monoisotopic (exact) mass is 454 g/mol. The fourth-order valence-corrected chi connectivity index (χ4v) is 3.99. The summed E-state index contributed by atoms with van der Waals surface area (Å²) in [5, 5.41) is 6.86. The van der Waals surface area contributed by atoms with Crippen molar-refractivity contribution >= 4 is 34.0 Å². The van der Waals surface area contributed by atoms with Crippen molar-refractivity contribution in [1.82, 2.24) is 14.8 Å². The molecule has 0 spiro atoms. The molecule has 0 saturated heterocycles. The molecule has 4 aromatic rings. The molecule has 4 rings (SSSR count). The number of amides is 1. The molecule has 6 nitrogen and oxygen atoms in total. The largest absolute Gasteiger partial charge is 0.280 e. The lowest BCUT2D eigenvalue weighted by Gasteiger charge is -2.20. The third-order valence-electron chi connectivity index (χ3n) is 4.55. The summed E-state index contributed by atoms with van der Waals surface area (Å²) < 4.78 is 14.4. The van der Waals surface area contributed by atoms with Gasteiger partial charge in [-0.2, -0.15) is 5.10 Å². The molecule has 0 aliphatic rings. The van der Waals surface area contributed by atoms with Gasteiger partial charge in [0.05, 0.1) is 12.2 Å². The van der Waals surface area contributed by atoms with Gasteiger partial charge in [0.15, 0.2) is 5.13 Å². The van der Waals surface area contributed by atoms with Crippen LogP contribution < -0.4 is 10.5 Å². The molecule has 0 fully saturated rings. The molecule has 0 aliphatic carbocycles. The maximum Gasteiger partial charge on any atom is 0.280 e. The number of anilines is 1. The van der Waals surface area contributed by atoms with Gasteiger partial charge < -0.3 is 0 Å². The molecule has 2 aromatic heterocycles. The maximum atomic E-state index is 13.3. The molecule has 156 valence electrons. The summed E-state index contributed by atoms with van der Waals surface area (Å²) in [6.07, 6.45) is 0. The van der Waals surface area contributed by atoms with Gasteiger partial charge in [0.25, 0.3) is 11.5 Å². The zero-order valence-corrected chi connectivity index (χ0v) is 17.9. The highest BCUT2D eigenvalue weighted by Crippen LogP contribution is 2.32. The van der Waals surface area contributed by atoms with Gasteiger partial charge in [0.1, 0.15) is 11.5 Å². The summed E-state index contributed by atoms with van der Waals surface area (Å²) in [5.41, 5.74) is 1.88. The first kappa shape index (κ1) is 20.9. The van der Waals surface area contributed by atoms with Crippen LogP contribution in [0.1, 0.15) is 16.1 Å². The van der Waals surface area contributed by atoms with E-state index in [0.29, 0.717) is 21.4 Å². The van der Waals surface area contributed by atoms with Gasteiger partial charge in [-0.25, -0.2) is 14.1 Å². The number of rotatable bonds is 5. The van der Waals surface area contributed by atoms with Crippen molar-refractivity contribution < 1.29 is 9.18 Å². The van der Waals surface area contributed by atoms with E-state index in [1.165, 1.54) is 47.5 Å². The number of carbonyl (C=O) groups excluding carboxylic acids is 1. The Morgan fingerprint density at radius 2 is 1.87 bits per heavy atom. The summed E-state index contributed by atoms with van der Waals surface area (Å²) in [4.78, 5) is 31.0. The van der Waals surface area contributed by atoms with E-state index in [-0.39, 0.29) is 23.6 Å². The molecule has 2 aromatic carbocycles. The average molecular weight is 455 g/mol. The Kier molecular flexibility index (Phi) is 5.92. The minimum Gasteiger partial charge on any atom is -0.278 e. The average Bonchev–Trinajstić information content (AvgIpc) is 3.25. The van der Waals surface area contributed by atoms with E-state index in [4.69, 9.17) is 11.6 Å². The lowest BCUT2D eigenvalue weighted by molar-refractivity contribution is 0.0978. The zero-order chi connectivity index (χ0) is 22.0. The summed E-state index contributed by atoms with van der Waals surface area (Å²) >= 11 is 7.57. The Morgan fingerprint density at radius 3 is 2.58 bits per heavy atom. The lowest BCUT2D eigenvalue weighted by atomic mass is 10.2. The van der Waals surface area contributed by atoms with Crippen LogP contribution in [0.4, 0.5) is 9.52 Å². The van der Waals surface area contributed by atoms with Crippen LogP contribution in [0.5, 0.6) is 0 Å². The maximum absolute atomic E-state index is 13.3. The number of nitrogens with zero attached hydrogens (tertiary/aromatic N) is 4. The van der Waals surface area contributed by atoms with Gasteiger partial charge in [0, 0.05) is 29.1 Å².